The number of hydrogen-bond acceptors (Lipinski definition) is 2. The SMILES string of the molecule is CCCCCCCCCCCCCCCCCSCC(CO)C1CCCC1. The van der Waals surface area contributed by atoms with Gasteiger partial charge in [-0.25, -0.2) is 0 Å². The Morgan fingerprint density at radius 2 is 1.15 bits per heavy atom. The van der Waals surface area contributed by atoms with Crippen LogP contribution in [-0.2, 0) is 0 Å². The Labute approximate surface area is 175 Å². The summed E-state index contributed by atoms with van der Waals surface area (Å²) in [6.07, 6.45) is 27.2. The average Bonchev–Trinajstić information content (AvgIpc) is 3.22. The molecule has 1 aliphatic carbocycles. The highest BCUT2D eigenvalue weighted by Crippen LogP contribution is 2.33. The molecular formula is C25H50OS. The first-order chi connectivity index (χ1) is 13.4. The minimum Gasteiger partial charge on any atom is -0.396 e. The Morgan fingerprint density at radius 1 is 0.704 bits per heavy atom. The van der Waals surface area contributed by atoms with Crippen molar-refractivity contribution in [2.75, 3.05) is 18.1 Å². The molecule has 1 rings (SSSR count). The Morgan fingerprint density at radius 3 is 1.59 bits per heavy atom. The van der Waals surface area contributed by atoms with Gasteiger partial charge in [0.15, 0.2) is 0 Å². The lowest BCUT2D eigenvalue weighted by atomic mass is 9.93. The zero-order chi connectivity index (χ0) is 19.4. The van der Waals surface area contributed by atoms with Crippen molar-refractivity contribution in [3.8, 4) is 0 Å². The van der Waals surface area contributed by atoms with E-state index in [0.29, 0.717) is 12.5 Å². The van der Waals surface area contributed by atoms with Gasteiger partial charge < -0.3 is 5.11 Å². The summed E-state index contributed by atoms with van der Waals surface area (Å²) in [5, 5.41) is 9.61. The second-order valence-corrected chi connectivity index (χ2v) is 10.2. The van der Waals surface area contributed by atoms with Gasteiger partial charge in [-0.2, -0.15) is 11.8 Å². The molecule has 0 aliphatic heterocycles. The predicted octanol–water partition coefficient (Wildman–Crippen LogP) is 8.39. The number of unbranched alkanes of at least 4 members (excludes halogenated alkanes) is 14. The van der Waals surface area contributed by atoms with Crippen LogP contribution >= 0.6 is 11.8 Å². The molecule has 0 radical (unpaired) electrons. The molecule has 0 amide bonds. The van der Waals surface area contributed by atoms with Crippen molar-refractivity contribution in [3.63, 3.8) is 0 Å². The van der Waals surface area contributed by atoms with Crippen LogP contribution in [0.2, 0.25) is 0 Å². The highest BCUT2D eigenvalue weighted by Gasteiger charge is 2.23. The van der Waals surface area contributed by atoms with Crippen LogP contribution in [0, 0.1) is 11.8 Å². The van der Waals surface area contributed by atoms with Crippen LogP contribution in [0.15, 0.2) is 0 Å². The van der Waals surface area contributed by atoms with E-state index in [9.17, 15) is 5.11 Å². The number of rotatable bonds is 20. The molecule has 1 saturated carbocycles. The molecule has 0 bridgehead atoms. The fraction of sp³-hybridized carbons (Fsp3) is 1.00. The van der Waals surface area contributed by atoms with Crippen molar-refractivity contribution in [1.29, 1.82) is 0 Å². The van der Waals surface area contributed by atoms with Gasteiger partial charge in [-0.05, 0) is 29.8 Å². The van der Waals surface area contributed by atoms with Crippen LogP contribution in [-0.4, -0.2) is 23.2 Å². The van der Waals surface area contributed by atoms with E-state index >= 15 is 0 Å². The van der Waals surface area contributed by atoms with Gasteiger partial charge in [-0.15, -0.1) is 0 Å². The first kappa shape index (κ1) is 25.3. The number of aliphatic hydroxyl groups is 1. The predicted molar refractivity (Wildman–Crippen MR) is 125 cm³/mol. The normalized spacial score (nSPS) is 16.2. The fourth-order valence-electron chi connectivity index (χ4n) is 4.58. The van der Waals surface area contributed by atoms with E-state index in [1.807, 2.05) is 0 Å². The molecule has 1 nitrogen and oxygen atoms in total. The lowest BCUT2D eigenvalue weighted by molar-refractivity contribution is 0.193. The molecule has 0 spiro atoms. The lowest BCUT2D eigenvalue weighted by Gasteiger charge is -2.20. The zero-order valence-electron chi connectivity index (χ0n) is 18.6. The zero-order valence-corrected chi connectivity index (χ0v) is 19.4. The van der Waals surface area contributed by atoms with Crippen LogP contribution in [0.3, 0.4) is 0 Å². The van der Waals surface area contributed by atoms with Crippen molar-refractivity contribution in [1.82, 2.24) is 0 Å². The van der Waals surface area contributed by atoms with Crippen LogP contribution in [0.25, 0.3) is 0 Å². The van der Waals surface area contributed by atoms with E-state index in [1.54, 1.807) is 0 Å². The summed E-state index contributed by atoms with van der Waals surface area (Å²) in [4.78, 5) is 0. The third-order valence-corrected chi connectivity index (χ3v) is 7.77. The maximum absolute atomic E-state index is 9.61. The molecule has 1 fully saturated rings. The first-order valence-corrected chi connectivity index (χ1v) is 13.7. The highest BCUT2D eigenvalue weighted by atomic mass is 32.2. The van der Waals surface area contributed by atoms with E-state index in [2.05, 4.69) is 18.7 Å². The second-order valence-electron chi connectivity index (χ2n) is 9.01. The van der Waals surface area contributed by atoms with Crippen LogP contribution < -0.4 is 0 Å². The van der Waals surface area contributed by atoms with E-state index in [1.165, 1.54) is 134 Å². The summed E-state index contributed by atoms with van der Waals surface area (Å²) >= 11 is 2.10. The van der Waals surface area contributed by atoms with Gasteiger partial charge in [-0.1, -0.05) is 122 Å². The smallest absolute Gasteiger partial charge is 0.0469 e. The summed E-state index contributed by atoms with van der Waals surface area (Å²) in [7, 11) is 0. The Balaban J connectivity index is 1.73. The van der Waals surface area contributed by atoms with Crippen molar-refractivity contribution < 1.29 is 5.11 Å². The molecule has 1 atom stereocenters. The van der Waals surface area contributed by atoms with E-state index < -0.39 is 0 Å². The molecule has 1 aliphatic rings. The molecule has 162 valence electrons. The van der Waals surface area contributed by atoms with E-state index in [-0.39, 0.29) is 0 Å². The summed E-state index contributed by atoms with van der Waals surface area (Å²) in [6, 6.07) is 0. The van der Waals surface area contributed by atoms with Crippen molar-refractivity contribution in [2.45, 2.75) is 129 Å². The molecule has 27 heavy (non-hydrogen) atoms. The summed E-state index contributed by atoms with van der Waals surface area (Å²) in [5.74, 6) is 3.90. The van der Waals surface area contributed by atoms with Gasteiger partial charge in [0, 0.05) is 6.61 Å². The fourth-order valence-corrected chi connectivity index (χ4v) is 5.83. The van der Waals surface area contributed by atoms with E-state index in [0.717, 1.165) is 5.92 Å². The molecule has 0 aromatic heterocycles. The topological polar surface area (TPSA) is 20.2 Å². The van der Waals surface area contributed by atoms with Gasteiger partial charge in [0.25, 0.3) is 0 Å². The van der Waals surface area contributed by atoms with Crippen molar-refractivity contribution in [3.05, 3.63) is 0 Å². The monoisotopic (exact) mass is 398 g/mol. The molecular weight excluding hydrogens is 348 g/mol. The van der Waals surface area contributed by atoms with Crippen LogP contribution in [0.4, 0.5) is 0 Å². The van der Waals surface area contributed by atoms with Gasteiger partial charge in [-0.3, -0.25) is 0 Å². The Hall–Kier alpha value is 0.310. The molecule has 0 heterocycles. The number of aliphatic hydroxyl groups excluding tert-OH is 1. The van der Waals surface area contributed by atoms with Gasteiger partial charge in [0.1, 0.15) is 0 Å². The van der Waals surface area contributed by atoms with E-state index in [4.69, 9.17) is 0 Å². The van der Waals surface area contributed by atoms with Gasteiger partial charge >= 0.3 is 0 Å². The minimum atomic E-state index is 0.413. The quantitative estimate of drug-likeness (QED) is 0.208. The summed E-state index contributed by atoms with van der Waals surface area (Å²) in [5.41, 5.74) is 0. The van der Waals surface area contributed by atoms with Gasteiger partial charge in [0.2, 0.25) is 0 Å². The maximum Gasteiger partial charge on any atom is 0.0469 e. The standard InChI is InChI=1S/C25H50OS/c1-2-3-4-5-6-7-8-9-10-11-12-13-14-15-18-21-27-23-25(22-26)24-19-16-17-20-24/h24-26H,2-23H2,1H3. The highest BCUT2D eigenvalue weighted by molar-refractivity contribution is 7.99. The Bertz CT molecular complexity index is 288. The summed E-state index contributed by atoms with van der Waals surface area (Å²) < 4.78 is 0. The molecule has 1 N–H and O–H groups in total. The second kappa shape index (κ2) is 19.6. The van der Waals surface area contributed by atoms with Crippen molar-refractivity contribution >= 4 is 11.8 Å². The molecule has 0 aromatic carbocycles. The largest absolute Gasteiger partial charge is 0.396 e. The maximum atomic E-state index is 9.61. The van der Waals surface area contributed by atoms with Crippen LogP contribution in [0.1, 0.15) is 129 Å². The average molecular weight is 399 g/mol. The first-order valence-electron chi connectivity index (χ1n) is 12.6. The molecule has 2 heteroatoms. The summed E-state index contributed by atoms with van der Waals surface area (Å²) in [6.45, 7) is 2.71. The molecule has 1 unspecified atom stereocenters. The van der Waals surface area contributed by atoms with Crippen molar-refractivity contribution in [2.24, 2.45) is 11.8 Å². The lowest BCUT2D eigenvalue weighted by Crippen LogP contribution is -2.18. The molecule has 0 aromatic rings. The Kier molecular flexibility index (Phi) is 18.4. The number of hydrogen-bond donors (Lipinski definition) is 1. The number of thioether (sulfide) groups is 1. The third-order valence-electron chi connectivity index (χ3n) is 6.53. The van der Waals surface area contributed by atoms with Gasteiger partial charge in [0.05, 0.1) is 0 Å². The molecule has 0 saturated heterocycles. The third kappa shape index (κ3) is 14.9. The minimum absolute atomic E-state index is 0.413. The van der Waals surface area contributed by atoms with Crippen LogP contribution in [0.5, 0.6) is 0 Å².